The Morgan fingerprint density at radius 2 is 1.94 bits per heavy atom. The highest BCUT2D eigenvalue weighted by molar-refractivity contribution is 5.19. The molecule has 1 aliphatic carbocycles. The van der Waals surface area contributed by atoms with Crippen LogP contribution in [0.2, 0.25) is 0 Å². The Kier molecular flexibility index (Phi) is 4.51. The Hall–Kier alpha value is -0.930. The third-order valence-corrected chi connectivity index (χ3v) is 3.29. The molecule has 1 unspecified atom stereocenters. The van der Waals surface area contributed by atoms with Crippen molar-refractivity contribution < 1.29 is 9.13 Å². The van der Waals surface area contributed by atoms with E-state index in [4.69, 9.17) is 4.74 Å². The fourth-order valence-corrected chi connectivity index (χ4v) is 2.36. The first-order valence-corrected chi connectivity index (χ1v) is 6.35. The van der Waals surface area contributed by atoms with Gasteiger partial charge >= 0.3 is 0 Å². The lowest BCUT2D eigenvalue weighted by Gasteiger charge is -2.22. The Bertz CT molecular complexity index is 333. The third kappa shape index (κ3) is 3.51. The predicted molar refractivity (Wildman–Crippen MR) is 66.4 cm³/mol. The topological polar surface area (TPSA) is 21.3 Å². The molecule has 2 nitrogen and oxygen atoms in total. The molecular weight excluding hydrogens is 217 g/mol. The molecule has 1 saturated carbocycles. The van der Waals surface area contributed by atoms with Crippen LogP contribution in [0.15, 0.2) is 24.3 Å². The number of nitrogens with one attached hydrogen (secondary N) is 1. The minimum atomic E-state index is -0.196. The number of hydrogen-bond acceptors (Lipinski definition) is 2. The summed E-state index contributed by atoms with van der Waals surface area (Å²) in [6.07, 6.45) is 5.24. The fourth-order valence-electron chi connectivity index (χ4n) is 2.36. The van der Waals surface area contributed by atoms with Gasteiger partial charge in [0.05, 0.1) is 12.2 Å². The maximum atomic E-state index is 12.9. The molecule has 94 valence electrons. The predicted octanol–water partition coefficient (Wildman–Crippen LogP) is 3.05. The van der Waals surface area contributed by atoms with E-state index < -0.39 is 0 Å². The smallest absolute Gasteiger partial charge is 0.123 e. The van der Waals surface area contributed by atoms with Crippen LogP contribution < -0.4 is 5.32 Å². The Morgan fingerprint density at radius 1 is 1.29 bits per heavy atom. The molecule has 0 spiro atoms. The van der Waals surface area contributed by atoms with Gasteiger partial charge in [-0.15, -0.1) is 0 Å². The molecule has 17 heavy (non-hydrogen) atoms. The lowest BCUT2D eigenvalue weighted by Crippen LogP contribution is -2.23. The maximum absolute atomic E-state index is 12.9. The minimum Gasteiger partial charge on any atom is -0.369 e. The van der Waals surface area contributed by atoms with E-state index in [0.717, 1.165) is 24.9 Å². The van der Waals surface area contributed by atoms with Crippen molar-refractivity contribution in [3.8, 4) is 0 Å². The number of ether oxygens (including phenoxy) is 1. The molecular formula is C14H20FNO. The van der Waals surface area contributed by atoms with Crippen molar-refractivity contribution in [2.45, 2.75) is 37.9 Å². The van der Waals surface area contributed by atoms with Gasteiger partial charge in [-0.2, -0.15) is 0 Å². The molecule has 0 saturated heterocycles. The number of rotatable bonds is 5. The standard InChI is InChI=1S/C14H20FNO/c1-16-10-14(17-13-4-2-3-5-13)11-6-8-12(15)9-7-11/h6-9,13-14,16H,2-5,10H2,1H3. The summed E-state index contributed by atoms with van der Waals surface area (Å²) in [4.78, 5) is 0. The van der Waals surface area contributed by atoms with Crippen LogP contribution in [0.5, 0.6) is 0 Å². The van der Waals surface area contributed by atoms with Crippen LogP contribution in [-0.2, 0) is 4.74 Å². The largest absolute Gasteiger partial charge is 0.369 e. The molecule has 1 aromatic rings. The van der Waals surface area contributed by atoms with Gasteiger partial charge in [-0.05, 0) is 37.6 Å². The molecule has 1 N–H and O–H groups in total. The third-order valence-electron chi connectivity index (χ3n) is 3.29. The SMILES string of the molecule is CNCC(OC1CCCC1)c1ccc(F)cc1. The van der Waals surface area contributed by atoms with Crippen LogP contribution in [0.4, 0.5) is 4.39 Å². The summed E-state index contributed by atoms with van der Waals surface area (Å²) in [6, 6.07) is 6.62. The van der Waals surface area contributed by atoms with E-state index in [1.54, 1.807) is 0 Å². The second-order valence-corrected chi connectivity index (χ2v) is 4.64. The second kappa shape index (κ2) is 6.12. The van der Waals surface area contributed by atoms with Crippen LogP contribution >= 0.6 is 0 Å². The molecule has 0 bridgehead atoms. The minimum absolute atomic E-state index is 0.0312. The zero-order chi connectivity index (χ0) is 12.1. The van der Waals surface area contributed by atoms with E-state index >= 15 is 0 Å². The maximum Gasteiger partial charge on any atom is 0.123 e. The van der Waals surface area contributed by atoms with Gasteiger partial charge in [0.25, 0.3) is 0 Å². The molecule has 0 aromatic heterocycles. The first-order chi connectivity index (χ1) is 8.29. The van der Waals surface area contributed by atoms with Crippen molar-refractivity contribution in [1.82, 2.24) is 5.32 Å². The van der Waals surface area contributed by atoms with Crippen LogP contribution in [0.1, 0.15) is 37.4 Å². The van der Waals surface area contributed by atoms with Crippen molar-refractivity contribution in [2.75, 3.05) is 13.6 Å². The average molecular weight is 237 g/mol. The van der Waals surface area contributed by atoms with Crippen molar-refractivity contribution >= 4 is 0 Å². The van der Waals surface area contributed by atoms with Gasteiger partial charge < -0.3 is 10.1 Å². The van der Waals surface area contributed by atoms with Crippen LogP contribution in [0.3, 0.4) is 0 Å². The summed E-state index contributed by atoms with van der Waals surface area (Å²) in [5.74, 6) is -0.196. The summed E-state index contributed by atoms with van der Waals surface area (Å²) in [5.41, 5.74) is 1.05. The highest BCUT2D eigenvalue weighted by atomic mass is 19.1. The van der Waals surface area contributed by atoms with Crippen LogP contribution in [0.25, 0.3) is 0 Å². The van der Waals surface area contributed by atoms with E-state index in [-0.39, 0.29) is 11.9 Å². The normalized spacial score (nSPS) is 18.5. The summed E-state index contributed by atoms with van der Waals surface area (Å²) < 4.78 is 19.0. The molecule has 0 heterocycles. The number of benzene rings is 1. The lowest BCUT2D eigenvalue weighted by molar-refractivity contribution is -0.00786. The quantitative estimate of drug-likeness (QED) is 0.850. The molecule has 1 fully saturated rings. The summed E-state index contributed by atoms with van der Waals surface area (Å²) in [6.45, 7) is 0.766. The second-order valence-electron chi connectivity index (χ2n) is 4.64. The van der Waals surface area contributed by atoms with Crippen LogP contribution in [0, 0.1) is 5.82 Å². The van der Waals surface area contributed by atoms with Gasteiger partial charge in [-0.3, -0.25) is 0 Å². The first-order valence-electron chi connectivity index (χ1n) is 6.35. The van der Waals surface area contributed by atoms with Crippen LogP contribution in [-0.4, -0.2) is 19.7 Å². The summed E-state index contributed by atoms with van der Waals surface area (Å²) in [5, 5.41) is 3.14. The van der Waals surface area contributed by atoms with E-state index in [2.05, 4.69) is 5.32 Å². The van der Waals surface area contributed by atoms with Gasteiger partial charge in [-0.1, -0.05) is 25.0 Å². The van der Waals surface area contributed by atoms with Crippen molar-refractivity contribution in [3.05, 3.63) is 35.6 Å². The van der Waals surface area contributed by atoms with Crippen molar-refractivity contribution in [1.29, 1.82) is 0 Å². The van der Waals surface area contributed by atoms with E-state index in [1.807, 2.05) is 19.2 Å². The Morgan fingerprint density at radius 3 is 2.53 bits per heavy atom. The first kappa shape index (κ1) is 12.5. The van der Waals surface area contributed by atoms with Gasteiger partial charge in [-0.25, -0.2) is 4.39 Å². The number of hydrogen-bond donors (Lipinski definition) is 1. The highest BCUT2D eigenvalue weighted by Gasteiger charge is 2.21. The van der Waals surface area contributed by atoms with E-state index in [0.29, 0.717) is 6.10 Å². The van der Waals surface area contributed by atoms with E-state index in [1.165, 1.54) is 25.0 Å². The summed E-state index contributed by atoms with van der Waals surface area (Å²) in [7, 11) is 1.91. The fraction of sp³-hybridized carbons (Fsp3) is 0.571. The Balaban J connectivity index is 2.02. The molecule has 1 atom stereocenters. The lowest BCUT2D eigenvalue weighted by atomic mass is 10.1. The monoisotopic (exact) mass is 237 g/mol. The summed E-state index contributed by atoms with van der Waals surface area (Å²) >= 11 is 0. The molecule has 1 aliphatic rings. The highest BCUT2D eigenvalue weighted by Crippen LogP contribution is 2.27. The average Bonchev–Trinajstić information content (AvgIpc) is 2.82. The van der Waals surface area contributed by atoms with Gasteiger partial charge in [0.2, 0.25) is 0 Å². The molecule has 2 rings (SSSR count). The molecule has 0 aliphatic heterocycles. The van der Waals surface area contributed by atoms with Gasteiger partial charge in [0.1, 0.15) is 5.82 Å². The van der Waals surface area contributed by atoms with Crippen molar-refractivity contribution in [3.63, 3.8) is 0 Å². The van der Waals surface area contributed by atoms with Gasteiger partial charge in [0.15, 0.2) is 0 Å². The molecule has 1 aromatic carbocycles. The number of likely N-dealkylation sites (N-methyl/N-ethyl adjacent to an activating group) is 1. The number of halogens is 1. The molecule has 3 heteroatoms. The molecule has 0 radical (unpaired) electrons. The zero-order valence-corrected chi connectivity index (χ0v) is 10.3. The zero-order valence-electron chi connectivity index (χ0n) is 10.3. The van der Waals surface area contributed by atoms with Crippen molar-refractivity contribution in [2.24, 2.45) is 0 Å². The van der Waals surface area contributed by atoms with E-state index in [9.17, 15) is 4.39 Å². The molecule has 0 amide bonds. The Labute approximate surface area is 102 Å². The van der Waals surface area contributed by atoms with Gasteiger partial charge in [0, 0.05) is 6.54 Å².